The molecule has 2 aromatic carbocycles. The number of aryl methyl sites for hydroxylation is 1. The fourth-order valence-electron chi connectivity index (χ4n) is 2.11. The number of rotatable bonds is 6. The smallest absolute Gasteiger partial charge is 0.224 e. The van der Waals surface area contributed by atoms with Crippen molar-refractivity contribution in [2.75, 3.05) is 5.32 Å². The second-order valence-electron chi connectivity index (χ2n) is 5.02. The molecule has 0 saturated carbocycles. The van der Waals surface area contributed by atoms with E-state index in [-0.39, 0.29) is 11.7 Å². The first-order chi connectivity index (χ1) is 10.1. The summed E-state index contributed by atoms with van der Waals surface area (Å²) in [4.78, 5) is 23.0. The lowest BCUT2D eigenvalue weighted by molar-refractivity contribution is -0.116. The van der Waals surface area contributed by atoms with Crippen LogP contribution < -0.4 is 5.32 Å². The Kier molecular flexibility index (Phi) is 5.27. The van der Waals surface area contributed by atoms with E-state index in [4.69, 9.17) is 0 Å². The van der Waals surface area contributed by atoms with Crippen LogP contribution in [0.15, 0.2) is 54.6 Å². The highest BCUT2D eigenvalue weighted by molar-refractivity contribution is 5.95. The lowest BCUT2D eigenvalue weighted by Gasteiger charge is -2.06. The highest BCUT2D eigenvalue weighted by Gasteiger charge is 2.04. The second kappa shape index (κ2) is 7.39. The van der Waals surface area contributed by atoms with Crippen LogP contribution >= 0.6 is 0 Å². The van der Waals surface area contributed by atoms with Gasteiger partial charge < -0.3 is 5.32 Å². The van der Waals surface area contributed by atoms with Crippen molar-refractivity contribution in [3.05, 3.63) is 65.7 Å². The predicted molar refractivity (Wildman–Crippen MR) is 84.5 cm³/mol. The summed E-state index contributed by atoms with van der Waals surface area (Å²) in [5.74, 6) is 0.0252. The van der Waals surface area contributed by atoms with Gasteiger partial charge in [-0.3, -0.25) is 9.59 Å². The third kappa shape index (κ3) is 4.88. The molecule has 0 radical (unpaired) electrons. The van der Waals surface area contributed by atoms with Crippen molar-refractivity contribution in [3.63, 3.8) is 0 Å². The molecular formula is C18H19NO2. The van der Waals surface area contributed by atoms with E-state index in [1.54, 1.807) is 24.3 Å². The molecule has 2 aromatic rings. The Balaban J connectivity index is 1.78. The molecule has 2 rings (SSSR count). The van der Waals surface area contributed by atoms with Crippen LogP contribution in [0.1, 0.15) is 35.7 Å². The van der Waals surface area contributed by atoms with Crippen LogP contribution in [0.25, 0.3) is 0 Å². The summed E-state index contributed by atoms with van der Waals surface area (Å²) in [5, 5.41) is 2.84. The van der Waals surface area contributed by atoms with Crippen molar-refractivity contribution in [2.24, 2.45) is 0 Å². The van der Waals surface area contributed by atoms with Gasteiger partial charge in [0.25, 0.3) is 0 Å². The number of hydrogen-bond donors (Lipinski definition) is 1. The molecule has 3 heteroatoms. The van der Waals surface area contributed by atoms with E-state index in [1.165, 1.54) is 12.5 Å². The van der Waals surface area contributed by atoms with Crippen molar-refractivity contribution >= 4 is 17.4 Å². The maximum atomic E-state index is 11.8. The molecule has 0 aliphatic rings. The van der Waals surface area contributed by atoms with Crippen molar-refractivity contribution in [3.8, 4) is 0 Å². The zero-order valence-electron chi connectivity index (χ0n) is 12.1. The molecule has 0 bridgehead atoms. The predicted octanol–water partition coefficient (Wildman–Crippen LogP) is 3.85. The minimum Gasteiger partial charge on any atom is -0.326 e. The number of carbonyl (C=O) groups is 2. The molecule has 0 aliphatic heterocycles. The summed E-state index contributed by atoms with van der Waals surface area (Å²) in [6.07, 6.45) is 2.21. The van der Waals surface area contributed by atoms with E-state index in [2.05, 4.69) is 17.4 Å². The summed E-state index contributed by atoms with van der Waals surface area (Å²) in [7, 11) is 0. The monoisotopic (exact) mass is 281 g/mol. The largest absolute Gasteiger partial charge is 0.326 e. The Bertz CT molecular complexity index is 603. The van der Waals surface area contributed by atoms with Crippen LogP contribution in [-0.2, 0) is 11.2 Å². The lowest BCUT2D eigenvalue weighted by atomic mass is 10.1. The molecule has 0 unspecified atom stereocenters. The molecule has 0 aliphatic carbocycles. The first-order valence-corrected chi connectivity index (χ1v) is 7.10. The molecular weight excluding hydrogens is 262 g/mol. The second-order valence-corrected chi connectivity index (χ2v) is 5.02. The van der Waals surface area contributed by atoms with Gasteiger partial charge in [0, 0.05) is 17.7 Å². The summed E-state index contributed by atoms with van der Waals surface area (Å²) in [6.45, 7) is 1.52. The molecule has 1 N–H and O–H groups in total. The quantitative estimate of drug-likeness (QED) is 0.817. The normalized spacial score (nSPS) is 10.1. The highest BCUT2D eigenvalue weighted by Crippen LogP contribution is 2.11. The topological polar surface area (TPSA) is 46.2 Å². The molecule has 0 saturated heterocycles. The van der Waals surface area contributed by atoms with Crippen molar-refractivity contribution in [1.29, 1.82) is 0 Å². The number of ketones is 1. The van der Waals surface area contributed by atoms with Crippen LogP contribution in [0, 0.1) is 0 Å². The Morgan fingerprint density at radius 3 is 2.24 bits per heavy atom. The van der Waals surface area contributed by atoms with Gasteiger partial charge in [0.1, 0.15) is 0 Å². The number of nitrogens with one attached hydrogen (secondary N) is 1. The summed E-state index contributed by atoms with van der Waals surface area (Å²) < 4.78 is 0. The number of benzene rings is 2. The molecule has 3 nitrogen and oxygen atoms in total. The molecule has 0 atom stereocenters. The van der Waals surface area contributed by atoms with Crippen LogP contribution in [0.2, 0.25) is 0 Å². The summed E-state index contributed by atoms with van der Waals surface area (Å²) >= 11 is 0. The molecule has 1 amide bonds. The maximum Gasteiger partial charge on any atom is 0.224 e. The minimum atomic E-state index is 0.00139. The van der Waals surface area contributed by atoms with Gasteiger partial charge in [0.05, 0.1) is 0 Å². The Morgan fingerprint density at radius 2 is 1.62 bits per heavy atom. The van der Waals surface area contributed by atoms with E-state index in [0.717, 1.165) is 18.5 Å². The lowest BCUT2D eigenvalue weighted by Crippen LogP contribution is -2.11. The molecule has 21 heavy (non-hydrogen) atoms. The van der Waals surface area contributed by atoms with Crippen molar-refractivity contribution < 1.29 is 9.59 Å². The number of carbonyl (C=O) groups excluding carboxylic acids is 2. The summed E-state index contributed by atoms with van der Waals surface area (Å²) in [6, 6.07) is 17.1. The van der Waals surface area contributed by atoms with Gasteiger partial charge in [0.2, 0.25) is 5.91 Å². The number of hydrogen-bond acceptors (Lipinski definition) is 2. The van der Waals surface area contributed by atoms with Crippen molar-refractivity contribution in [1.82, 2.24) is 0 Å². The van der Waals surface area contributed by atoms with Gasteiger partial charge in [0.15, 0.2) is 5.78 Å². The van der Waals surface area contributed by atoms with Crippen LogP contribution in [0.4, 0.5) is 5.69 Å². The molecule has 0 fully saturated rings. The third-order valence-corrected chi connectivity index (χ3v) is 3.29. The van der Waals surface area contributed by atoms with Gasteiger partial charge in [-0.05, 0) is 49.6 Å². The molecule has 0 heterocycles. The first-order valence-electron chi connectivity index (χ1n) is 7.10. The first kappa shape index (κ1) is 15.0. The maximum absolute atomic E-state index is 11.8. The number of anilines is 1. The number of amides is 1. The Hall–Kier alpha value is -2.42. The standard InChI is InChI=1S/C18H19NO2/c1-14(20)16-10-12-17(13-11-16)19-18(21)9-5-8-15-6-3-2-4-7-15/h2-4,6-7,10-13H,5,8-9H2,1H3,(H,19,21). The van der Waals surface area contributed by atoms with Crippen LogP contribution in [0.5, 0.6) is 0 Å². The SMILES string of the molecule is CC(=O)c1ccc(NC(=O)CCCc2ccccc2)cc1. The van der Waals surface area contributed by atoms with Crippen LogP contribution in [-0.4, -0.2) is 11.7 Å². The van der Waals surface area contributed by atoms with Gasteiger partial charge in [-0.2, -0.15) is 0 Å². The van der Waals surface area contributed by atoms with Gasteiger partial charge >= 0.3 is 0 Å². The summed E-state index contributed by atoms with van der Waals surface area (Å²) in [5.41, 5.74) is 2.62. The van der Waals surface area contributed by atoms with E-state index in [1.807, 2.05) is 18.2 Å². The third-order valence-electron chi connectivity index (χ3n) is 3.29. The van der Waals surface area contributed by atoms with Gasteiger partial charge in [-0.15, -0.1) is 0 Å². The van der Waals surface area contributed by atoms with E-state index >= 15 is 0 Å². The average molecular weight is 281 g/mol. The van der Waals surface area contributed by atoms with E-state index in [9.17, 15) is 9.59 Å². The van der Waals surface area contributed by atoms with Gasteiger partial charge in [-0.25, -0.2) is 0 Å². The Morgan fingerprint density at radius 1 is 0.952 bits per heavy atom. The fraction of sp³-hybridized carbons (Fsp3) is 0.222. The van der Waals surface area contributed by atoms with E-state index < -0.39 is 0 Å². The molecule has 0 aromatic heterocycles. The van der Waals surface area contributed by atoms with E-state index in [0.29, 0.717) is 12.0 Å². The average Bonchev–Trinajstić information content (AvgIpc) is 2.49. The van der Waals surface area contributed by atoms with Gasteiger partial charge in [-0.1, -0.05) is 30.3 Å². The highest BCUT2D eigenvalue weighted by atomic mass is 16.1. The number of Topliss-reactive ketones (excluding diaryl/α,β-unsaturated/α-hetero) is 1. The van der Waals surface area contributed by atoms with Crippen molar-refractivity contribution in [2.45, 2.75) is 26.2 Å². The molecule has 0 spiro atoms. The van der Waals surface area contributed by atoms with Crippen LogP contribution in [0.3, 0.4) is 0 Å². The fourth-order valence-corrected chi connectivity index (χ4v) is 2.11. The zero-order valence-corrected chi connectivity index (χ0v) is 12.1. The Labute approximate surface area is 125 Å². The zero-order chi connectivity index (χ0) is 15.1. The minimum absolute atomic E-state index is 0.00139. The molecule has 108 valence electrons.